The summed E-state index contributed by atoms with van der Waals surface area (Å²) in [5.74, 6) is -0.0508. The van der Waals surface area contributed by atoms with Crippen LogP contribution in [0, 0.1) is 5.82 Å². The van der Waals surface area contributed by atoms with Crippen molar-refractivity contribution in [2.75, 3.05) is 40.0 Å². The van der Waals surface area contributed by atoms with Gasteiger partial charge in [-0.3, -0.25) is 9.59 Å². The van der Waals surface area contributed by atoms with Crippen molar-refractivity contribution in [1.82, 2.24) is 9.80 Å². The van der Waals surface area contributed by atoms with Gasteiger partial charge in [0.1, 0.15) is 18.9 Å². The maximum Gasteiger partial charge on any atom is 0.254 e. The Bertz CT molecular complexity index is 1260. The molecule has 2 amide bonds. The van der Waals surface area contributed by atoms with Crippen LogP contribution in [0.4, 0.5) is 4.39 Å². The molecule has 2 aliphatic rings. The lowest BCUT2D eigenvalue weighted by Crippen LogP contribution is -2.49. The van der Waals surface area contributed by atoms with Gasteiger partial charge in [-0.1, -0.05) is 12.1 Å². The first kappa shape index (κ1) is 26.2. The van der Waals surface area contributed by atoms with E-state index in [2.05, 4.69) is 0 Å². The number of nitrogens with zero attached hydrogens (tertiary/aromatic N) is 2. The summed E-state index contributed by atoms with van der Waals surface area (Å²) in [6.45, 7) is 1.54. The van der Waals surface area contributed by atoms with Gasteiger partial charge < -0.3 is 24.0 Å². The van der Waals surface area contributed by atoms with Gasteiger partial charge in [-0.15, -0.1) is 11.3 Å². The van der Waals surface area contributed by atoms with Crippen molar-refractivity contribution in [2.24, 2.45) is 0 Å². The van der Waals surface area contributed by atoms with Gasteiger partial charge in [0.15, 0.2) is 11.6 Å². The van der Waals surface area contributed by atoms with E-state index in [0.29, 0.717) is 31.0 Å². The molecule has 0 bridgehead atoms. The standard InChI is InChI=1S/C29H31FN2O5S/c1-35-21-10-8-20(9-11-21)29(34)31(17-22-5-4-15-36-22)18-28(33)32-14-12-27-23(13-16-38-27)25(32)19-37-26-7-3-2-6-24(26)30/h2-3,6-11,13,16,22,25H,4-5,12,14-15,17-19H2,1H3/t22-,25-/m0/s1. The zero-order chi connectivity index (χ0) is 26.5. The minimum absolute atomic E-state index is 0.0829. The average Bonchev–Trinajstić information content (AvgIpc) is 3.64. The van der Waals surface area contributed by atoms with Gasteiger partial charge in [0.2, 0.25) is 5.91 Å². The average molecular weight is 539 g/mol. The minimum Gasteiger partial charge on any atom is -0.497 e. The molecule has 2 atom stereocenters. The summed E-state index contributed by atoms with van der Waals surface area (Å²) in [5.41, 5.74) is 1.49. The highest BCUT2D eigenvalue weighted by molar-refractivity contribution is 7.10. The largest absolute Gasteiger partial charge is 0.497 e. The topological polar surface area (TPSA) is 68.3 Å². The van der Waals surface area contributed by atoms with E-state index < -0.39 is 5.82 Å². The molecule has 0 unspecified atom stereocenters. The highest BCUT2D eigenvalue weighted by atomic mass is 32.1. The molecule has 3 aromatic rings. The lowest BCUT2D eigenvalue weighted by Gasteiger charge is -2.37. The van der Waals surface area contributed by atoms with E-state index in [-0.39, 0.29) is 42.9 Å². The van der Waals surface area contributed by atoms with E-state index in [0.717, 1.165) is 24.8 Å². The Morgan fingerprint density at radius 2 is 1.97 bits per heavy atom. The monoisotopic (exact) mass is 538 g/mol. The molecule has 7 nitrogen and oxygen atoms in total. The molecule has 0 spiro atoms. The van der Waals surface area contributed by atoms with E-state index >= 15 is 0 Å². The number of rotatable bonds is 9. The first-order valence-corrected chi connectivity index (χ1v) is 13.7. The number of carbonyl (C=O) groups excluding carboxylic acids is 2. The highest BCUT2D eigenvalue weighted by Crippen LogP contribution is 2.34. The molecule has 5 rings (SSSR count). The van der Waals surface area contributed by atoms with E-state index in [9.17, 15) is 14.0 Å². The fraction of sp³-hybridized carbons (Fsp3) is 0.379. The molecule has 2 aromatic carbocycles. The number of thiophene rings is 1. The lowest BCUT2D eigenvalue weighted by molar-refractivity contribution is -0.135. The van der Waals surface area contributed by atoms with E-state index in [4.69, 9.17) is 14.2 Å². The Kier molecular flexibility index (Phi) is 8.24. The summed E-state index contributed by atoms with van der Waals surface area (Å²) in [4.78, 5) is 31.9. The Labute approximate surface area is 225 Å². The molecule has 0 aliphatic carbocycles. The molecule has 200 valence electrons. The van der Waals surface area contributed by atoms with Crippen molar-refractivity contribution >= 4 is 23.2 Å². The number of benzene rings is 2. The number of methoxy groups -OCH3 is 1. The zero-order valence-corrected chi connectivity index (χ0v) is 22.1. The third kappa shape index (κ3) is 5.84. The quantitative estimate of drug-likeness (QED) is 0.394. The number of amides is 2. The molecule has 0 saturated carbocycles. The summed E-state index contributed by atoms with van der Waals surface area (Å²) in [6.07, 6.45) is 2.41. The molecular formula is C29H31FN2O5S. The van der Waals surface area contributed by atoms with Crippen LogP contribution in [0.25, 0.3) is 0 Å². The normalized spacial score (nSPS) is 18.6. The van der Waals surface area contributed by atoms with Crippen molar-refractivity contribution in [2.45, 2.75) is 31.4 Å². The molecule has 9 heteroatoms. The van der Waals surface area contributed by atoms with Crippen LogP contribution in [0.1, 0.15) is 39.7 Å². The van der Waals surface area contributed by atoms with Gasteiger partial charge in [-0.25, -0.2) is 4.39 Å². The molecule has 2 aliphatic heterocycles. The number of fused-ring (bicyclic) bond motifs is 1. The smallest absolute Gasteiger partial charge is 0.254 e. The van der Waals surface area contributed by atoms with Crippen LogP contribution < -0.4 is 9.47 Å². The van der Waals surface area contributed by atoms with E-state index in [1.54, 1.807) is 70.7 Å². The predicted molar refractivity (Wildman–Crippen MR) is 142 cm³/mol. The number of carbonyl (C=O) groups is 2. The summed E-state index contributed by atoms with van der Waals surface area (Å²) in [5, 5.41) is 2.01. The maximum absolute atomic E-state index is 14.2. The van der Waals surface area contributed by atoms with Crippen molar-refractivity contribution < 1.29 is 28.2 Å². The van der Waals surface area contributed by atoms with Gasteiger partial charge in [-0.05, 0) is 72.7 Å². The molecule has 1 fully saturated rings. The molecule has 0 radical (unpaired) electrons. The lowest BCUT2D eigenvalue weighted by atomic mass is 10.00. The Hall–Kier alpha value is -3.43. The van der Waals surface area contributed by atoms with Crippen molar-refractivity contribution in [3.05, 3.63) is 81.8 Å². The summed E-state index contributed by atoms with van der Waals surface area (Å²) in [6, 6.07) is 14.8. The second kappa shape index (κ2) is 12.0. The van der Waals surface area contributed by atoms with Crippen LogP contribution in [0.5, 0.6) is 11.5 Å². The van der Waals surface area contributed by atoms with Crippen LogP contribution in [-0.4, -0.2) is 67.7 Å². The molecule has 38 heavy (non-hydrogen) atoms. The van der Waals surface area contributed by atoms with E-state index in [1.807, 2.05) is 11.4 Å². The third-order valence-corrected chi connectivity index (χ3v) is 8.04. The second-order valence-electron chi connectivity index (χ2n) is 9.44. The molecule has 0 N–H and O–H groups in total. The second-order valence-corrected chi connectivity index (χ2v) is 10.4. The third-order valence-electron chi connectivity index (χ3n) is 7.05. The molecular weight excluding hydrogens is 507 g/mol. The van der Waals surface area contributed by atoms with Crippen LogP contribution in [0.2, 0.25) is 0 Å². The summed E-state index contributed by atoms with van der Waals surface area (Å²) >= 11 is 1.65. The van der Waals surface area contributed by atoms with Crippen molar-refractivity contribution in [3.63, 3.8) is 0 Å². The summed E-state index contributed by atoms with van der Waals surface area (Å²) < 4.78 is 31.1. The van der Waals surface area contributed by atoms with Crippen LogP contribution >= 0.6 is 11.3 Å². The number of para-hydroxylation sites is 1. The highest BCUT2D eigenvalue weighted by Gasteiger charge is 2.34. The van der Waals surface area contributed by atoms with Gasteiger partial charge >= 0.3 is 0 Å². The van der Waals surface area contributed by atoms with Crippen LogP contribution in [-0.2, 0) is 16.0 Å². The fourth-order valence-corrected chi connectivity index (χ4v) is 5.96. The first-order chi connectivity index (χ1) is 18.5. The Morgan fingerprint density at radius 1 is 1.16 bits per heavy atom. The fourth-order valence-electron chi connectivity index (χ4n) is 5.03. The van der Waals surface area contributed by atoms with Gasteiger partial charge in [0, 0.05) is 30.1 Å². The SMILES string of the molecule is COc1ccc(C(=O)N(CC(=O)N2CCc3sccc3[C@@H]2COc2ccccc2F)C[C@@H]2CCCO2)cc1. The van der Waals surface area contributed by atoms with Crippen molar-refractivity contribution in [3.8, 4) is 11.5 Å². The molecule has 1 saturated heterocycles. The minimum atomic E-state index is -0.445. The van der Waals surface area contributed by atoms with Crippen molar-refractivity contribution in [1.29, 1.82) is 0 Å². The molecule has 3 heterocycles. The summed E-state index contributed by atoms with van der Waals surface area (Å²) in [7, 11) is 1.57. The molecule has 1 aromatic heterocycles. The number of hydrogen-bond acceptors (Lipinski definition) is 6. The van der Waals surface area contributed by atoms with Gasteiger partial charge in [-0.2, -0.15) is 0 Å². The predicted octanol–water partition coefficient (Wildman–Crippen LogP) is 4.72. The van der Waals surface area contributed by atoms with E-state index in [1.165, 1.54) is 10.9 Å². The van der Waals surface area contributed by atoms with Gasteiger partial charge in [0.05, 0.1) is 19.3 Å². The van der Waals surface area contributed by atoms with Gasteiger partial charge in [0.25, 0.3) is 5.91 Å². The maximum atomic E-state index is 14.2. The number of halogens is 1. The first-order valence-electron chi connectivity index (χ1n) is 12.8. The number of ether oxygens (including phenoxy) is 3. The van der Waals surface area contributed by atoms with Crippen LogP contribution in [0.15, 0.2) is 60.0 Å². The number of hydrogen-bond donors (Lipinski definition) is 0. The van der Waals surface area contributed by atoms with Crippen LogP contribution in [0.3, 0.4) is 0 Å². The Balaban J connectivity index is 1.35. The zero-order valence-electron chi connectivity index (χ0n) is 21.3. The Morgan fingerprint density at radius 3 is 2.71 bits per heavy atom.